The number of amides is 1. The van der Waals surface area contributed by atoms with Crippen LogP contribution in [0.2, 0.25) is 0 Å². The fourth-order valence-corrected chi connectivity index (χ4v) is 2.17. The number of anilines is 1. The monoisotopic (exact) mass is 268 g/mol. The molecule has 1 atom stereocenters. The van der Waals surface area contributed by atoms with E-state index in [2.05, 4.69) is 5.32 Å². The molecule has 0 saturated heterocycles. The van der Waals surface area contributed by atoms with Gasteiger partial charge in [0, 0.05) is 41.0 Å². The average Bonchev–Trinajstić information content (AvgIpc) is 2.37. The maximum absolute atomic E-state index is 11.5. The number of hydrogen-bond donors (Lipinski definition) is 2. The predicted octanol–water partition coefficient (Wildman–Crippen LogP) is 1.09. The van der Waals surface area contributed by atoms with Crippen molar-refractivity contribution in [1.82, 2.24) is 5.32 Å². The van der Waals surface area contributed by atoms with E-state index in [4.69, 9.17) is 5.73 Å². The van der Waals surface area contributed by atoms with E-state index in [0.29, 0.717) is 30.9 Å². The summed E-state index contributed by atoms with van der Waals surface area (Å²) in [5, 5.41) is 2.76. The molecule has 0 saturated carbocycles. The Hall–Kier alpha value is -1.36. The number of carbonyl (C=O) groups excluding carboxylic acids is 1. The third-order valence-electron chi connectivity index (χ3n) is 2.65. The standard InChI is InChI=1S/C13H20N2O2S/c1-2-18(17)10-9-15-13(16)8-7-11-5-3-4-6-12(11)14/h3-6H,2,7-10,14H2,1H3,(H,15,16). The third-order valence-corrected chi connectivity index (χ3v) is 3.95. The molecule has 0 spiro atoms. The molecular weight excluding hydrogens is 248 g/mol. The highest BCUT2D eigenvalue weighted by Gasteiger charge is 2.04. The normalized spacial score (nSPS) is 12.1. The summed E-state index contributed by atoms with van der Waals surface area (Å²) in [7, 11) is -0.822. The van der Waals surface area contributed by atoms with Gasteiger partial charge in [-0.05, 0) is 18.1 Å². The van der Waals surface area contributed by atoms with Gasteiger partial charge < -0.3 is 11.1 Å². The molecular formula is C13H20N2O2S. The van der Waals surface area contributed by atoms with E-state index in [9.17, 15) is 9.00 Å². The van der Waals surface area contributed by atoms with Crippen LogP contribution >= 0.6 is 0 Å². The van der Waals surface area contributed by atoms with Gasteiger partial charge in [-0.2, -0.15) is 0 Å². The fraction of sp³-hybridized carbons (Fsp3) is 0.462. The van der Waals surface area contributed by atoms with E-state index < -0.39 is 10.8 Å². The second kappa shape index (κ2) is 7.87. The number of nitrogens with two attached hydrogens (primary N) is 1. The van der Waals surface area contributed by atoms with Crippen LogP contribution in [0.3, 0.4) is 0 Å². The number of hydrogen-bond acceptors (Lipinski definition) is 3. The molecule has 0 heterocycles. The Bertz CT molecular complexity index is 421. The summed E-state index contributed by atoms with van der Waals surface area (Å²) in [6.07, 6.45) is 1.04. The molecule has 0 radical (unpaired) electrons. The van der Waals surface area contributed by atoms with Gasteiger partial charge in [0.1, 0.15) is 0 Å². The zero-order valence-corrected chi connectivity index (χ0v) is 11.5. The third kappa shape index (κ3) is 5.31. The molecule has 0 aliphatic rings. The molecule has 0 aromatic heterocycles. The molecule has 0 aliphatic heterocycles. The molecule has 5 heteroatoms. The van der Waals surface area contributed by atoms with Crippen LogP contribution in [-0.2, 0) is 22.0 Å². The van der Waals surface area contributed by atoms with Gasteiger partial charge in [-0.1, -0.05) is 25.1 Å². The molecule has 0 aliphatic carbocycles. The summed E-state index contributed by atoms with van der Waals surface area (Å²) in [5.41, 5.74) is 7.50. The van der Waals surface area contributed by atoms with Gasteiger partial charge in [0.15, 0.2) is 0 Å². The summed E-state index contributed by atoms with van der Waals surface area (Å²) in [6.45, 7) is 2.35. The van der Waals surface area contributed by atoms with Crippen molar-refractivity contribution in [3.05, 3.63) is 29.8 Å². The van der Waals surface area contributed by atoms with Crippen LogP contribution < -0.4 is 11.1 Å². The highest BCUT2D eigenvalue weighted by molar-refractivity contribution is 7.84. The molecule has 1 unspecified atom stereocenters. The van der Waals surface area contributed by atoms with E-state index in [1.54, 1.807) is 0 Å². The molecule has 1 aromatic rings. The minimum Gasteiger partial charge on any atom is -0.399 e. The quantitative estimate of drug-likeness (QED) is 0.727. The highest BCUT2D eigenvalue weighted by atomic mass is 32.2. The van der Waals surface area contributed by atoms with Gasteiger partial charge in [-0.15, -0.1) is 0 Å². The van der Waals surface area contributed by atoms with Crippen LogP contribution in [0.15, 0.2) is 24.3 Å². The Morgan fingerprint density at radius 1 is 1.39 bits per heavy atom. The number of aryl methyl sites for hydroxylation is 1. The first kappa shape index (κ1) is 14.7. The minimum absolute atomic E-state index is 0.0219. The maximum atomic E-state index is 11.5. The second-order valence-corrected chi connectivity index (χ2v) is 5.85. The molecule has 1 rings (SSSR count). The van der Waals surface area contributed by atoms with Crippen molar-refractivity contribution < 1.29 is 9.00 Å². The summed E-state index contributed by atoms with van der Waals surface area (Å²) in [5.74, 6) is 1.14. The van der Waals surface area contributed by atoms with Crippen LogP contribution in [0.4, 0.5) is 5.69 Å². The number of carbonyl (C=O) groups is 1. The Morgan fingerprint density at radius 2 is 2.11 bits per heavy atom. The van der Waals surface area contributed by atoms with E-state index >= 15 is 0 Å². The average molecular weight is 268 g/mol. The van der Waals surface area contributed by atoms with Crippen molar-refractivity contribution >= 4 is 22.4 Å². The van der Waals surface area contributed by atoms with E-state index in [0.717, 1.165) is 11.3 Å². The van der Waals surface area contributed by atoms with Crippen molar-refractivity contribution in [2.75, 3.05) is 23.8 Å². The van der Waals surface area contributed by atoms with E-state index in [1.165, 1.54) is 0 Å². The van der Waals surface area contributed by atoms with Crippen LogP contribution in [0.1, 0.15) is 18.9 Å². The zero-order valence-electron chi connectivity index (χ0n) is 10.6. The van der Waals surface area contributed by atoms with Crippen molar-refractivity contribution in [3.63, 3.8) is 0 Å². The lowest BCUT2D eigenvalue weighted by Gasteiger charge is -2.06. The molecule has 0 fully saturated rings. The van der Waals surface area contributed by atoms with Gasteiger partial charge in [0.25, 0.3) is 0 Å². The van der Waals surface area contributed by atoms with Crippen molar-refractivity contribution in [1.29, 1.82) is 0 Å². The smallest absolute Gasteiger partial charge is 0.220 e. The molecule has 4 nitrogen and oxygen atoms in total. The van der Waals surface area contributed by atoms with Crippen molar-refractivity contribution in [2.45, 2.75) is 19.8 Å². The highest BCUT2D eigenvalue weighted by Crippen LogP contribution is 2.12. The van der Waals surface area contributed by atoms with Crippen LogP contribution in [-0.4, -0.2) is 28.2 Å². The van der Waals surface area contributed by atoms with Gasteiger partial charge in [-0.3, -0.25) is 9.00 Å². The predicted molar refractivity (Wildman–Crippen MR) is 75.7 cm³/mol. The van der Waals surface area contributed by atoms with Crippen LogP contribution in [0, 0.1) is 0 Å². The topological polar surface area (TPSA) is 72.2 Å². The van der Waals surface area contributed by atoms with Gasteiger partial charge >= 0.3 is 0 Å². The number of nitrogens with one attached hydrogen (secondary N) is 1. The molecule has 100 valence electrons. The summed E-state index contributed by atoms with van der Waals surface area (Å²) >= 11 is 0. The van der Waals surface area contributed by atoms with Gasteiger partial charge in [0.05, 0.1) is 0 Å². The molecule has 1 aromatic carbocycles. The summed E-state index contributed by atoms with van der Waals surface area (Å²) < 4.78 is 11.2. The minimum atomic E-state index is -0.822. The fourth-order valence-electron chi connectivity index (χ4n) is 1.55. The summed E-state index contributed by atoms with van der Waals surface area (Å²) in [4.78, 5) is 11.5. The number of para-hydroxylation sites is 1. The molecule has 0 bridgehead atoms. The molecule has 18 heavy (non-hydrogen) atoms. The lowest BCUT2D eigenvalue weighted by atomic mass is 10.1. The largest absolute Gasteiger partial charge is 0.399 e. The Kier molecular flexibility index (Phi) is 6.43. The first-order valence-corrected chi connectivity index (χ1v) is 7.57. The Balaban J connectivity index is 2.25. The lowest BCUT2D eigenvalue weighted by Crippen LogP contribution is -2.28. The van der Waals surface area contributed by atoms with Crippen LogP contribution in [0.5, 0.6) is 0 Å². The van der Waals surface area contributed by atoms with Crippen molar-refractivity contribution in [3.8, 4) is 0 Å². The second-order valence-electron chi connectivity index (χ2n) is 3.98. The Labute approximate surface area is 110 Å². The maximum Gasteiger partial charge on any atom is 0.220 e. The number of nitrogen functional groups attached to an aromatic ring is 1. The van der Waals surface area contributed by atoms with E-state index in [1.807, 2.05) is 31.2 Å². The number of benzene rings is 1. The summed E-state index contributed by atoms with van der Waals surface area (Å²) in [6, 6.07) is 7.54. The van der Waals surface area contributed by atoms with Crippen molar-refractivity contribution in [2.24, 2.45) is 0 Å². The number of rotatable bonds is 7. The van der Waals surface area contributed by atoms with Crippen LogP contribution in [0.25, 0.3) is 0 Å². The van der Waals surface area contributed by atoms with Gasteiger partial charge in [0.2, 0.25) is 5.91 Å². The van der Waals surface area contributed by atoms with Gasteiger partial charge in [-0.25, -0.2) is 0 Å². The lowest BCUT2D eigenvalue weighted by molar-refractivity contribution is -0.120. The van der Waals surface area contributed by atoms with E-state index in [-0.39, 0.29) is 5.91 Å². The Morgan fingerprint density at radius 3 is 2.78 bits per heavy atom. The molecule has 3 N–H and O–H groups in total. The molecule has 1 amide bonds. The first-order valence-electron chi connectivity index (χ1n) is 6.08. The SMILES string of the molecule is CCS(=O)CCNC(=O)CCc1ccccc1N. The first-order chi connectivity index (χ1) is 8.63. The zero-order chi connectivity index (χ0) is 13.4.